The van der Waals surface area contributed by atoms with Crippen LogP contribution in [0.5, 0.6) is 0 Å². The maximum absolute atomic E-state index is 9.63. The Hall–Kier alpha value is -0.200. The first-order valence-electron chi connectivity index (χ1n) is 4.19. The number of rotatable bonds is 3. The summed E-state index contributed by atoms with van der Waals surface area (Å²) in [5.74, 6) is 0. The van der Waals surface area contributed by atoms with Gasteiger partial charge >= 0.3 is 0 Å². The zero-order chi connectivity index (χ0) is 10.0. The maximum atomic E-state index is 9.63. The van der Waals surface area contributed by atoms with E-state index in [1.165, 1.54) is 14.2 Å². The Labute approximate surface area is 77.2 Å². The monoisotopic (exact) mass is 192 g/mol. The molecule has 1 fully saturated rings. The van der Waals surface area contributed by atoms with Crippen molar-refractivity contribution in [3.8, 4) is 0 Å². The first kappa shape index (κ1) is 10.9. The van der Waals surface area contributed by atoms with E-state index < -0.39 is 30.7 Å². The molecule has 1 aliphatic rings. The number of methoxy groups -OCH3 is 2. The van der Waals surface area contributed by atoms with Crippen LogP contribution in [0.15, 0.2) is 0 Å². The van der Waals surface area contributed by atoms with Gasteiger partial charge in [-0.1, -0.05) is 0 Å². The Kier molecular flexibility index (Phi) is 3.63. The van der Waals surface area contributed by atoms with Crippen LogP contribution < -0.4 is 0 Å². The average Bonchev–Trinajstić information content (AvgIpc) is 2.41. The highest BCUT2D eigenvalue weighted by molar-refractivity contribution is 4.90. The molecular formula is C8H16O5. The molecule has 0 radical (unpaired) electrons. The normalized spacial score (nSPS) is 42.2. The van der Waals surface area contributed by atoms with Gasteiger partial charge < -0.3 is 24.4 Å². The smallest absolute Gasteiger partial charge is 0.186 e. The maximum Gasteiger partial charge on any atom is 0.186 e. The fourth-order valence-electron chi connectivity index (χ4n) is 1.50. The van der Waals surface area contributed by atoms with Crippen LogP contribution in [-0.2, 0) is 14.2 Å². The summed E-state index contributed by atoms with van der Waals surface area (Å²) in [6.07, 6.45) is -3.39. The standard InChI is InChI=1S/C8H16O5/c1-4(9)6-5(10)7(11-2)8(12-3)13-6/h4-10H,1-3H3. The number of hydrogen-bond acceptors (Lipinski definition) is 5. The minimum atomic E-state index is -0.852. The van der Waals surface area contributed by atoms with Gasteiger partial charge in [-0.2, -0.15) is 0 Å². The van der Waals surface area contributed by atoms with E-state index in [0.717, 1.165) is 0 Å². The molecule has 78 valence electrons. The summed E-state index contributed by atoms with van der Waals surface area (Å²) in [7, 11) is 2.93. The van der Waals surface area contributed by atoms with Crippen molar-refractivity contribution in [1.82, 2.24) is 0 Å². The first-order chi connectivity index (χ1) is 6.11. The van der Waals surface area contributed by atoms with Crippen molar-refractivity contribution in [2.45, 2.75) is 37.6 Å². The second kappa shape index (κ2) is 4.34. The molecule has 0 amide bonds. The summed E-state index contributed by atoms with van der Waals surface area (Å²) in [6, 6.07) is 0. The molecule has 5 atom stereocenters. The highest BCUT2D eigenvalue weighted by atomic mass is 16.7. The number of ether oxygens (including phenoxy) is 3. The van der Waals surface area contributed by atoms with Gasteiger partial charge in [0.15, 0.2) is 6.29 Å². The van der Waals surface area contributed by atoms with Crippen LogP contribution in [0.4, 0.5) is 0 Å². The summed E-state index contributed by atoms with van der Waals surface area (Å²) in [4.78, 5) is 0. The lowest BCUT2D eigenvalue weighted by molar-refractivity contribution is -0.166. The molecule has 0 aliphatic carbocycles. The van der Waals surface area contributed by atoms with Crippen molar-refractivity contribution in [2.75, 3.05) is 14.2 Å². The molecule has 0 aromatic rings. The molecule has 0 saturated carbocycles. The zero-order valence-corrected chi connectivity index (χ0v) is 8.01. The van der Waals surface area contributed by atoms with Crippen LogP contribution >= 0.6 is 0 Å². The zero-order valence-electron chi connectivity index (χ0n) is 8.01. The highest BCUT2D eigenvalue weighted by Crippen LogP contribution is 2.25. The van der Waals surface area contributed by atoms with Gasteiger partial charge in [0.05, 0.1) is 6.10 Å². The molecule has 1 rings (SSSR count). The van der Waals surface area contributed by atoms with Crippen molar-refractivity contribution in [1.29, 1.82) is 0 Å². The molecule has 2 N–H and O–H groups in total. The predicted molar refractivity (Wildman–Crippen MR) is 44.2 cm³/mol. The third kappa shape index (κ3) is 2.00. The summed E-state index contributed by atoms with van der Waals surface area (Å²) < 4.78 is 15.2. The van der Waals surface area contributed by atoms with Crippen molar-refractivity contribution in [3.63, 3.8) is 0 Å². The average molecular weight is 192 g/mol. The Morgan fingerprint density at radius 1 is 1.31 bits per heavy atom. The van der Waals surface area contributed by atoms with E-state index in [1.807, 2.05) is 0 Å². The third-order valence-corrected chi connectivity index (χ3v) is 2.21. The van der Waals surface area contributed by atoms with E-state index in [0.29, 0.717) is 0 Å². The molecule has 1 saturated heterocycles. The molecular weight excluding hydrogens is 176 g/mol. The van der Waals surface area contributed by atoms with Crippen molar-refractivity contribution in [2.24, 2.45) is 0 Å². The van der Waals surface area contributed by atoms with E-state index in [9.17, 15) is 10.2 Å². The first-order valence-corrected chi connectivity index (χ1v) is 4.19. The SMILES string of the molecule is COC1OC(C(C)O)C(O)C1OC. The molecule has 0 spiro atoms. The third-order valence-electron chi connectivity index (χ3n) is 2.21. The van der Waals surface area contributed by atoms with Crippen LogP contribution in [0.1, 0.15) is 6.92 Å². The van der Waals surface area contributed by atoms with Crippen LogP contribution in [-0.4, -0.2) is 55.1 Å². The fourth-order valence-corrected chi connectivity index (χ4v) is 1.50. The number of aliphatic hydroxyl groups excluding tert-OH is 2. The molecule has 0 aromatic carbocycles. The second-order valence-electron chi connectivity index (χ2n) is 3.14. The van der Waals surface area contributed by atoms with Gasteiger partial charge in [0.1, 0.15) is 18.3 Å². The van der Waals surface area contributed by atoms with E-state index in [2.05, 4.69) is 0 Å². The lowest BCUT2D eigenvalue weighted by atomic mass is 10.1. The summed E-state index contributed by atoms with van der Waals surface area (Å²) in [5, 5.41) is 18.9. The van der Waals surface area contributed by atoms with E-state index >= 15 is 0 Å². The highest BCUT2D eigenvalue weighted by Gasteiger charge is 2.46. The fraction of sp³-hybridized carbons (Fsp3) is 1.00. The molecule has 5 unspecified atom stereocenters. The lowest BCUT2D eigenvalue weighted by Crippen LogP contribution is -2.38. The van der Waals surface area contributed by atoms with Gasteiger partial charge in [-0.3, -0.25) is 0 Å². The summed E-state index contributed by atoms with van der Waals surface area (Å²) >= 11 is 0. The predicted octanol–water partition coefficient (Wildman–Crippen LogP) is -0.886. The lowest BCUT2D eigenvalue weighted by Gasteiger charge is -2.17. The van der Waals surface area contributed by atoms with Crippen LogP contribution in [0.3, 0.4) is 0 Å². The molecule has 0 aromatic heterocycles. The van der Waals surface area contributed by atoms with E-state index in [1.54, 1.807) is 6.92 Å². The van der Waals surface area contributed by atoms with Gasteiger partial charge in [-0.15, -0.1) is 0 Å². The number of hydrogen-bond donors (Lipinski definition) is 2. The Morgan fingerprint density at radius 2 is 1.92 bits per heavy atom. The van der Waals surface area contributed by atoms with E-state index in [-0.39, 0.29) is 0 Å². The van der Waals surface area contributed by atoms with Gasteiger partial charge in [0, 0.05) is 14.2 Å². The molecule has 5 heteroatoms. The minimum Gasteiger partial charge on any atom is -0.391 e. The quantitative estimate of drug-likeness (QED) is 0.607. The molecule has 1 aliphatic heterocycles. The van der Waals surface area contributed by atoms with Gasteiger partial charge in [-0.25, -0.2) is 0 Å². The largest absolute Gasteiger partial charge is 0.391 e. The summed E-state index contributed by atoms with van der Waals surface area (Å²) in [5.41, 5.74) is 0. The summed E-state index contributed by atoms with van der Waals surface area (Å²) in [6.45, 7) is 1.55. The minimum absolute atomic E-state index is 0.537. The number of aliphatic hydroxyl groups is 2. The van der Waals surface area contributed by atoms with Crippen LogP contribution in [0, 0.1) is 0 Å². The van der Waals surface area contributed by atoms with Crippen molar-refractivity contribution >= 4 is 0 Å². The van der Waals surface area contributed by atoms with Gasteiger partial charge in [0.25, 0.3) is 0 Å². The Morgan fingerprint density at radius 3 is 2.23 bits per heavy atom. The van der Waals surface area contributed by atoms with Gasteiger partial charge in [0.2, 0.25) is 0 Å². The van der Waals surface area contributed by atoms with Crippen molar-refractivity contribution < 1.29 is 24.4 Å². The van der Waals surface area contributed by atoms with Gasteiger partial charge in [-0.05, 0) is 6.92 Å². The van der Waals surface area contributed by atoms with Crippen LogP contribution in [0.2, 0.25) is 0 Å². The Bertz CT molecular complexity index is 159. The Balaban J connectivity index is 2.65. The molecule has 0 bridgehead atoms. The van der Waals surface area contributed by atoms with Crippen molar-refractivity contribution in [3.05, 3.63) is 0 Å². The molecule has 5 nitrogen and oxygen atoms in total. The molecule has 13 heavy (non-hydrogen) atoms. The molecule has 1 heterocycles. The van der Waals surface area contributed by atoms with Crippen LogP contribution in [0.25, 0.3) is 0 Å². The second-order valence-corrected chi connectivity index (χ2v) is 3.14. The van der Waals surface area contributed by atoms with E-state index in [4.69, 9.17) is 14.2 Å². The topological polar surface area (TPSA) is 68.2 Å².